The summed E-state index contributed by atoms with van der Waals surface area (Å²) in [6.45, 7) is 1.41. The Morgan fingerprint density at radius 1 is 1.24 bits per heavy atom. The van der Waals surface area contributed by atoms with E-state index < -0.39 is 0 Å². The second-order valence-electron chi connectivity index (χ2n) is 6.65. The lowest BCUT2D eigenvalue weighted by Gasteiger charge is -2.26. The molecule has 0 fully saturated rings. The quantitative estimate of drug-likeness (QED) is 0.851. The van der Waals surface area contributed by atoms with E-state index in [1.807, 2.05) is 55.5 Å². The molecule has 2 aliphatic heterocycles. The zero-order valence-corrected chi connectivity index (χ0v) is 14.4. The van der Waals surface area contributed by atoms with Crippen LogP contribution in [0.5, 0.6) is 0 Å². The van der Waals surface area contributed by atoms with Crippen molar-refractivity contribution in [2.24, 2.45) is 4.99 Å². The maximum Gasteiger partial charge on any atom is 0.249 e. The van der Waals surface area contributed by atoms with Gasteiger partial charge in [0.25, 0.3) is 0 Å². The average molecular weight is 335 g/mol. The highest BCUT2D eigenvalue weighted by molar-refractivity contribution is 5.98. The fraction of sp³-hybridized carbons (Fsp3) is 0.300. The van der Waals surface area contributed by atoms with Gasteiger partial charge in [0.15, 0.2) is 0 Å². The predicted molar refractivity (Wildman–Crippen MR) is 98.3 cm³/mol. The van der Waals surface area contributed by atoms with Crippen molar-refractivity contribution in [2.75, 3.05) is 27.2 Å². The lowest BCUT2D eigenvalue weighted by Crippen LogP contribution is -2.36. The summed E-state index contributed by atoms with van der Waals surface area (Å²) in [4.78, 5) is 19.3. The lowest BCUT2D eigenvalue weighted by molar-refractivity contribution is -0.117. The Morgan fingerprint density at radius 2 is 2.08 bits per heavy atom. The first-order valence-electron chi connectivity index (χ1n) is 8.50. The van der Waals surface area contributed by atoms with Gasteiger partial charge >= 0.3 is 0 Å². The molecule has 4 aliphatic rings. The first-order valence-corrected chi connectivity index (χ1v) is 8.50. The zero-order valence-electron chi connectivity index (χ0n) is 14.4. The van der Waals surface area contributed by atoms with E-state index in [4.69, 9.17) is 4.74 Å². The van der Waals surface area contributed by atoms with Gasteiger partial charge in [-0.05, 0) is 32.3 Å². The number of fused-ring (bicyclic) bond motifs is 3. The van der Waals surface area contributed by atoms with E-state index in [1.54, 1.807) is 6.21 Å². The summed E-state index contributed by atoms with van der Waals surface area (Å²) in [6, 6.07) is -0.295. The number of dihydropyridines is 1. The van der Waals surface area contributed by atoms with Crippen LogP contribution in [0.15, 0.2) is 75.6 Å². The molecule has 0 radical (unpaired) electrons. The Bertz CT molecular complexity index is 822. The highest BCUT2D eigenvalue weighted by atomic mass is 16.5. The van der Waals surface area contributed by atoms with Gasteiger partial charge in [-0.3, -0.25) is 9.79 Å². The minimum atomic E-state index is -0.295. The fourth-order valence-corrected chi connectivity index (χ4v) is 3.38. The standard InChI is InChI=1S/C20H21N3O2/c1-23(2)11-10-22-20(24)16-12-15-13-6-3-4-8-17(13)25-19(15)14-7-5-9-21-18(14)16/h3-9,12,17-18H,10-11H2,1-2H3,(H,22,24). The van der Waals surface area contributed by atoms with E-state index in [0.717, 1.165) is 29.0 Å². The van der Waals surface area contributed by atoms with Crippen molar-refractivity contribution in [1.29, 1.82) is 0 Å². The number of allylic oxidation sites excluding steroid dienone is 4. The number of ether oxygens (including phenoxy) is 1. The summed E-state index contributed by atoms with van der Waals surface area (Å²) in [5, 5.41) is 3.00. The molecule has 4 rings (SSSR count). The monoisotopic (exact) mass is 335 g/mol. The van der Waals surface area contributed by atoms with Crippen molar-refractivity contribution < 1.29 is 9.53 Å². The number of carbonyl (C=O) groups excluding carboxylic acids is 1. The number of rotatable bonds is 4. The molecule has 0 aromatic carbocycles. The molecule has 2 unspecified atom stereocenters. The van der Waals surface area contributed by atoms with Crippen molar-refractivity contribution >= 4 is 12.1 Å². The zero-order chi connectivity index (χ0) is 17.4. The molecule has 0 saturated heterocycles. The third-order valence-corrected chi connectivity index (χ3v) is 4.63. The van der Waals surface area contributed by atoms with Gasteiger partial charge in [-0.15, -0.1) is 0 Å². The van der Waals surface area contributed by atoms with Crippen LogP contribution in [-0.2, 0) is 9.53 Å². The van der Waals surface area contributed by atoms with Gasteiger partial charge in [0.2, 0.25) is 5.91 Å². The minimum absolute atomic E-state index is 0.0669. The summed E-state index contributed by atoms with van der Waals surface area (Å²) in [6.07, 6.45) is 15.6. The van der Waals surface area contributed by atoms with Crippen molar-refractivity contribution in [1.82, 2.24) is 10.2 Å². The molecule has 0 aromatic rings. The summed E-state index contributed by atoms with van der Waals surface area (Å²) < 4.78 is 6.14. The largest absolute Gasteiger partial charge is 0.481 e. The molecule has 0 saturated carbocycles. The van der Waals surface area contributed by atoms with E-state index >= 15 is 0 Å². The molecular weight excluding hydrogens is 314 g/mol. The average Bonchev–Trinajstić information content (AvgIpc) is 2.99. The molecule has 0 bridgehead atoms. The molecule has 2 aliphatic carbocycles. The molecular formula is C20H21N3O2. The number of nitrogens with zero attached hydrogens (tertiary/aromatic N) is 2. The number of aliphatic imine (C=N–C) groups is 1. The first kappa shape index (κ1) is 15.8. The number of nitrogens with one attached hydrogen (secondary N) is 1. The van der Waals surface area contributed by atoms with Crippen LogP contribution in [0.25, 0.3) is 0 Å². The number of hydrogen-bond acceptors (Lipinski definition) is 4. The van der Waals surface area contributed by atoms with Crippen LogP contribution in [-0.4, -0.2) is 56.4 Å². The Hall–Kier alpha value is -2.66. The molecule has 1 amide bonds. The second kappa shape index (κ2) is 6.33. The highest BCUT2D eigenvalue weighted by Gasteiger charge is 2.38. The number of amides is 1. The van der Waals surface area contributed by atoms with Crippen molar-refractivity contribution in [3.05, 3.63) is 70.6 Å². The topological polar surface area (TPSA) is 53.9 Å². The van der Waals surface area contributed by atoms with E-state index in [9.17, 15) is 4.79 Å². The second-order valence-corrected chi connectivity index (χ2v) is 6.65. The molecule has 0 aromatic heterocycles. The molecule has 5 heteroatoms. The van der Waals surface area contributed by atoms with Crippen LogP contribution in [0, 0.1) is 0 Å². The van der Waals surface area contributed by atoms with Gasteiger partial charge in [0.1, 0.15) is 17.9 Å². The summed E-state index contributed by atoms with van der Waals surface area (Å²) in [5.74, 6) is 0.780. The van der Waals surface area contributed by atoms with Crippen LogP contribution < -0.4 is 5.32 Å². The Balaban J connectivity index is 1.69. The Kier molecular flexibility index (Phi) is 4.01. The maximum atomic E-state index is 12.8. The molecule has 5 nitrogen and oxygen atoms in total. The van der Waals surface area contributed by atoms with E-state index in [0.29, 0.717) is 12.1 Å². The molecule has 25 heavy (non-hydrogen) atoms. The van der Waals surface area contributed by atoms with Crippen molar-refractivity contribution in [3.8, 4) is 0 Å². The van der Waals surface area contributed by atoms with E-state index in [2.05, 4.69) is 16.4 Å². The molecule has 1 N–H and O–H groups in total. The SMILES string of the molecule is CN(C)CCNC(=O)C1=CC2=C3C=CC=CC3OC2=C2C=CC=NC12. The summed E-state index contributed by atoms with van der Waals surface area (Å²) in [5.41, 5.74) is 3.73. The maximum absolute atomic E-state index is 12.8. The van der Waals surface area contributed by atoms with Gasteiger partial charge in [-0.1, -0.05) is 24.3 Å². The molecule has 2 atom stereocenters. The number of carbonyl (C=O) groups is 1. The van der Waals surface area contributed by atoms with E-state index in [-0.39, 0.29) is 18.1 Å². The van der Waals surface area contributed by atoms with Gasteiger partial charge in [-0.25, -0.2) is 0 Å². The van der Waals surface area contributed by atoms with Gasteiger partial charge in [0.05, 0.1) is 0 Å². The first-order chi connectivity index (χ1) is 12.1. The smallest absolute Gasteiger partial charge is 0.249 e. The minimum Gasteiger partial charge on any atom is -0.481 e. The number of likely N-dealkylation sites (N-methyl/N-ethyl adjacent to an activating group) is 1. The highest BCUT2D eigenvalue weighted by Crippen LogP contribution is 2.42. The van der Waals surface area contributed by atoms with Gasteiger partial charge in [-0.2, -0.15) is 0 Å². The van der Waals surface area contributed by atoms with E-state index in [1.165, 1.54) is 0 Å². The third-order valence-electron chi connectivity index (χ3n) is 4.63. The van der Waals surface area contributed by atoms with Crippen LogP contribution in [0.4, 0.5) is 0 Å². The molecule has 0 spiro atoms. The van der Waals surface area contributed by atoms with Crippen molar-refractivity contribution in [2.45, 2.75) is 12.1 Å². The van der Waals surface area contributed by atoms with Crippen molar-refractivity contribution in [3.63, 3.8) is 0 Å². The lowest BCUT2D eigenvalue weighted by atomic mass is 9.85. The van der Waals surface area contributed by atoms with Crippen LogP contribution in [0.1, 0.15) is 0 Å². The van der Waals surface area contributed by atoms with Crippen LogP contribution in [0.2, 0.25) is 0 Å². The number of hydrogen-bond donors (Lipinski definition) is 1. The molecule has 128 valence electrons. The molecule has 2 heterocycles. The normalized spacial score (nSPS) is 25.6. The third kappa shape index (κ3) is 2.81. The predicted octanol–water partition coefficient (Wildman–Crippen LogP) is 1.69. The van der Waals surface area contributed by atoms with Gasteiger partial charge in [0, 0.05) is 41.6 Å². The summed E-state index contributed by atoms with van der Waals surface area (Å²) in [7, 11) is 3.97. The van der Waals surface area contributed by atoms with Crippen LogP contribution in [0.3, 0.4) is 0 Å². The Labute approximate surface area is 147 Å². The van der Waals surface area contributed by atoms with Gasteiger partial charge < -0.3 is 15.0 Å². The Morgan fingerprint density at radius 3 is 2.92 bits per heavy atom. The fourth-order valence-electron chi connectivity index (χ4n) is 3.38. The summed E-state index contributed by atoms with van der Waals surface area (Å²) >= 11 is 0. The van der Waals surface area contributed by atoms with Crippen LogP contribution >= 0.6 is 0 Å².